The van der Waals surface area contributed by atoms with Gasteiger partial charge in [0.25, 0.3) is 5.91 Å². The van der Waals surface area contributed by atoms with Crippen LogP contribution in [0.1, 0.15) is 10.5 Å². The van der Waals surface area contributed by atoms with E-state index in [0.29, 0.717) is 0 Å². The zero-order chi connectivity index (χ0) is 22.3. The van der Waals surface area contributed by atoms with Gasteiger partial charge in [0.15, 0.2) is 22.9 Å². The number of alkyl halides is 3. The second-order valence-electron chi connectivity index (χ2n) is 6.29. The van der Waals surface area contributed by atoms with Gasteiger partial charge in [-0.3, -0.25) is 4.79 Å². The molecule has 0 bridgehead atoms. The topological polar surface area (TPSA) is 136 Å². The standard InChI is InChI=1S/C19H12F3N5O4/c20-19(21,22)31-12-7-2-1-6-11(12)27-17-14(25-18(27)30)13(15(23)29)24-16(26-17)9-4-3-5-10(28)8-9/h1-8,28H,(H2,23,29)(H,25,30). The number of para-hydroxylation sites is 2. The summed E-state index contributed by atoms with van der Waals surface area (Å²) in [5, 5.41) is 9.72. The number of nitrogens with two attached hydrogens (primary N) is 1. The number of benzene rings is 2. The Balaban J connectivity index is 2.04. The number of ether oxygens (including phenoxy) is 1. The van der Waals surface area contributed by atoms with Gasteiger partial charge in [-0.1, -0.05) is 24.3 Å². The summed E-state index contributed by atoms with van der Waals surface area (Å²) < 4.78 is 43.4. The lowest BCUT2D eigenvalue weighted by atomic mass is 10.2. The van der Waals surface area contributed by atoms with Gasteiger partial charge < -0.3 is 20.6 Å². The summed E-state index contributed by atoms with van der Waals surface area (Å²) in [4.78, 5) is 35.2. The number of aromatic nitrogens is 4. The highest BCUT2D eigenvalue weighted by Crippen LogP contribution is 2.30. The van der Waals surface area contributed by atoms with Crippen LogP contribution in [-0.4, -0.2) is 36.9 Å². The lowest BCUT2D eigenvalue weighted by Crippen LogP contribution is -2.21. The number of phenols is 1. The van der Waals surface area contributed by atoms with Gasteiger partial charge in [-0.2, -0.15) is 0 Å². The van der Waals surface area contributed by atoms with Gasteiger partial charge in [-0.25, -0.2) is 19.3 Å². The normalized spacial score (nSPS) is 11.6. The first-order chi connectivity index (χ1) is 14.6. The van der Waals surface area contributed by atoms with Crippen LogP contribution in [0.5, 0.6) is 11.5 Å². The van der Waals surface area contributed by atoms with E-state index in [2.05, 4.69) is 19.7 Å². The molecule has 4 N–H and O–H groups in total. The molecule has 1 amide bonds. The summed E-state index contributed by atoms with van der Waals surface area (Å²) in [5.74, 6) is -1.85. The fraction of sp³-hybridized carbons (Fsp3) is 0.0526. The molecule has 0 unspecified atom stereocenters. The highest BCUT2D eigenvalue weighted by atomic mass is 19.4. The van der Waals surface area contributed by atoms with Crippen LogP contribution in [0.3, 0.4) is 0 Å². The third kappa shape index (κ3) is 3.77. The number of fused-ring (bicyclic) bond motifs is 1. The molecular weight excluding hydrogens is 419 g/mol. The second kappa shape index (κ2) is 7.16. The van der Waals surface area contributed by atoms with E-state index in [1.54, 1.807) is 0 Å². The molecule has 0 saturated heterocycles. The molecule has 158 valence electrons. The van der Waals surface area contributed by atoms with Crippen molar-refractivity contribution in [3.8, 4) is 28.6 Å². The van der Waals surface area contributed by atoms with Gasteiger partial charge in [0.05, 0.1) is 5.69 Å². The monoisotopic (exact) mass is 431 g/mol. The number of nitrogens with zero attached hydrogens (tertiary/aromatic N) is 3. The van der Waals surface area contributed by atoms with E-state index in [-0.39, 0.29) is 39.7 Å². The second-order valence-corrected chi connectivity index (χ2v) is 6.29. The molecule has 12 heteroatoms. The van der Waals surface area contributed by atoms with Crippen LogP contribution in [0, 0.1) is 0 Å². The molecule has 0 aliphatic rings. The van der Waals surface area contributed by atoms with E-state index in [4.69, 9.17) is 5.73 Å². The predicted molar refractivity (Wildman–Crippen MR) is 102 cm³/mol. The number of aromatic hydroxyl groups is 1. The molecule has 2 aromatic heterocycles. The van der Waals surface area contributed by atoms with Crippen molar-refractivity contribution in [2.24, 2.45) is 5.73 Å². The summed E-state index contributed by atoms with van der Waals surface area (Å²) in [5.41, 5.74) is 3.78. The van der Waals surface area contributed by atoms with Crippen LogP contribution < -0.4 is 16.2 Å². The van der Waals surface area contributed by atoms with Gasteiger partial charge in [-0.15, -0.1) is 13.2 Å². The van der Waals surface area contributed by atoms with Crippen LogP contribution in [-0.2, 0) is 0 Å². The Labute approximate surface area is 170 Å². The molecule has 0 saturated carbocycles. The Morgan fingerprint density at radius 3 is 2.55 bits per heavy atom. The highest BCUT2D eigenvalue weighted by molar-refractivity contribution is 6.02. The average molecular weight is 431 g/mol. The number of primary amides is 1. The van der Waals surface area contributed by atoms with Crippen molar-refractivity contribution in [1.82, 2.24) is 19.5 Å². The zero-order valence-electron chi connectivity index (χ0n) is 15.3. The maximum atomic E-state index is 12.8. The molecule has 0 spiro atoms. The number of imidazole rings is 1. The molecule has 0 atom stereocenters. The lowest BCUT2D eigenvalue weighted by molar-refractivity contribution is -0.274. The third-order valence-electron chi connectivity index (χ3n) is 4.21. The van der Waals surface area contributed by atoms with E-state index in [1.165, 1.54) is 42.5 Å². The molecule has 0 radical (unpaired) electrons. The first-order valence-electron chi connectivity index (χ1n) is 8.61. The molecule has 9 nitrogen and oxygen atoms in total. The van der Waals surface area contributed by atoms with Crippen LogP contribution in [0.15, 0.2) is 53.3 Å². The fourth-order valence-corrected chi connectivity index (χ4v) is 3.01. The van der Waals surface area contributed by atoms with Crippen molar-refractivity contribution >= 4 is 17.1 Å². The maximum absolute atomic E-state index is 12.8. The number of hydrogen-bond donors (Lipinski definition) is 3. The number of carbonyl (C=O) groups excluding carboxylic acids is 1. The minimum Gasteiger partial charge on any atom is -0.508 e. The minimum atomic E-state index is -5.01. The summed E-state index contributed by atoms with van der Waals surface area (Å²) in [7, 11) is 0. The third-order valence-corrected chi connectivity index (χ3v) is 4.21. The quantitative estimate of drug-likeness (QED) is 0.454. The van der Waals surface area contributed by atoms with Gasteiger partial charge in [0.2, 0.25) is 0 Å². The number of rotatable bonds is 4. The fourth-order valence-electron chi connectivity index (χ4n) is 3.01. The number of nitrogens with one attached hydrogen (secondary N) is 1. The maximum Gasteiger partial charge on any atom is 0.573 e. The molecule has 0 fully saturated rings. The Hall–Kier alpha value is -4.35. The largest absolute Gasteiger partial charge is 0.573 e. The lowest BCUT2D eigenvalue weighted by Gasteiger charge is -2.13. The number of aromatic amines is 1. The van der Waals surface area contributed by atoms with E-state index in [1.807, 2.05) is 0 Å². The molecule has 2 heterocycles. The van der Waals surface area contributed by atoms with Gasteiger partial charge in [0, 0.05) is 5.56 Å². The van der Waals surface area contributed by atoms with Crippen LogP contribution in [0.4, 0.5) is 13.2 Å². The Morgan fingerprint density at radius 2 is 1.87 bits per heavy atom. The number of halogens is 3. The van der Waals surface area contributed by atoms with Crippen LogP contribution in [0.25, 0.3) is 28.2 Å². The van der Waals surface area contributed by atoms with E-state index in [0.717, 1.165) is 10.6 Å². The Morgan fingerprint density at radius 1 is 1.13 bits per heavy atom. The van der Waals surface area contributed by atoms with Crippen LogP contribution in [0.2, 0.25) is 0 Å². The van der Waals surface area contributed by atoms with Crippen molar-refractivity contribution in [2.75, 3.05) is 0 Å². The summed E-state index contributed by atoms with van der Waals surface area (Å²) in [6.45, 7) is 0. The number of amides is 1. The molecule has 31 heavy (non-hydrogen) atoms. The molecule has 2 aromatic carbocycles. The van der Waals surface area contributed by atoms with Gasteiger partial charge >= 0.3 is 12.1 Å². The Kier molecular flexibility index (Phi) is 4.61. The summed E-state index contributed by atoms with van der Waals surface area (Å²) in [6, 6.07) is 10.7. The smallest absolute Gasteiger partial charge is 0.508 e. The molecule has 0 aliphatic carbocycles. The molecule has 0 aliphatic heterocycles. The zero-order valence-corrected chi connectivity index (χ0v) is 15.3. The first kappa shape index (κ1) is 19.9. The van der Waals surface area contributed by atoms with E-state index < -0.39 is 23.7 Å². The number of carbonyl (C=O) groups is 1. The van der Waals surface area contributed by atoms with E-state index in [9.17, 15) is 27.9 Å². The van der Waals surface area contributed by atoms with Crippen molar-refractivity contribution in [3.63, 3.8) is 0 Å². The van der Waals surface area contributed by atoms with Gasteiger partial charge in [0.1, 0.15) is 11.3 Å². The average Bonchev–Trinajstić information content (AvgIpc) is 3.02. The SMILES string of the molecule is NC(=O)c1nc(-c2cccc(O)c2)nc2c1[nH]c(=O)n2-c1ccccc1OC(F)(F)F. The Bertz CT molecular complexity index is 1380. The van der Waals surface area contributed by atoms with Crippen molar-refractivity contribution < 1.29 is 27.8 Å². The molecular formula is C19H12F3N5O4. The van der Waals surface area contributed by atoms with Crippen molar-refractivity contribution in [2.45, 2.75) is 6.36 Å². The predicted octanol–water partition coefficient (Wildman–Crippen LogP) is 2.48. The number of hydrogen-bond acceptors (Lipinski definition) is 6. The number of phenolic OH excluding ortho intramolecular Hbond substituents is 1. The number of H-pyrrole nitrogens is 1. The molecule has 4 rings (SSSR count). The van der Waals surface area contributed by atoms with Crippen LogP contribution >= 0.6 is 0 Å². The van der Waals surface area contributed by atoms with Crippen molar-refractivity contribution in [1.29, 1.82) is 0 Å². The first-order valence-corrected chi connectivity index (χ1v) is 8.61. The molecule has 4 aromatic rings. The van der Waals surface area contributed by atoms with Crippen molar-refractivity contribution in [3.05, 3.63) is 64.7 Å². The van der Waals surface area contributed by atoms with Gasteiger partial charge in [-0.05, 0) is 24.3 Å². The summed E-state index contributed by atoms with van der Waals surface area (Å²) >= 11 is 0. The summed E-state index contributed by atoms with van der Waals surface area (Å²) in [6.07, 6.45) is -5.01. The minimum absolute atomic E-state index is 0.0841. The van der Waals surface area contributed by atoms with E-state index >= 15 is 0 Å². The highest BCUT2D eigenvalue weighted by Gasteiger charge is 2.33.